The zero-order chi connectivity index (χ0) is 7.90. The van der Waals surface area contributed by atoms with Crippen LogP contribution in [0.5, 0.6) is 0 Å². The molecule has 2 fully saturated rings. The molecule has 2 aliphatic rings. The standard InChI is InChI=1S/C9H16NO/c1-10(2)8-3-5-9(6-4-8)7-11-9/h8H,1,3-7H2,2H3/q+1. The molecule has 2 nitrogen and oxygen atoms in total. The maximum absolute atomic E-state index is 5.43. The molecule has 0 amide bonds. The van der Waals surface area contributed by atoms with Gasteiger partial charge in [-0.1, -0.05) is 0 Å². The average molecular weight is 154 g/mol. The quantitative estimate of drug-likeness (QED) is 0.313. The molecule has 2 rings (SSSR count). The second kappa shape index (κ2) is 2.31. The summed E-state index contributed by atoms with van der Waals surface area (Å²) in [6.07, 6.45) is 5.02. The van der Waals surface area contributed by atoms with Gasteiger partial charge in [-0.2, -0.15) is 0 Å². The number of rotatable bonds is 1. The Balaban J connectivity index is 1.89. The molecule has 0 bridgehead atoms. The predicted molar refractivity (Wildman–Crippen MR) is 44.2 cm³/mol. The number of hydrogen-bond donors (Lipinski definition) is 0. The Hall–Kier alpha value is -0.370. The van der Waals surface area contributed by atoms with Crippen molar-refractivity contribution >= 4 is 6.72 Å². The van der Waals surface area contributed by atoms with E-state index in [1.165, 1.54) is 25.7 Å². The molecule has 11 heavy (non-hydrogen) atoms. The predicted octanol–water partition coefficient (Wildman–Crippen LogP) is 1.04. The fraction of sp³-hybridized carbons (Fsp3) is 0.889. The third-order valence-electron chi connectivity index (χ3n) is 3.04. The minimum Gasteiger partial charge on any atom is -0.370 e. The van der Waals surface area contributed by atoms with Crippen molar-refractivity contribution in [1.29, 1.82) is 0 Å². The van der Waals surface area contributed by atoms with Crippen LogP contribution < -0.4 is 0 Å². The summed E-state index contributed by atoms with van der Waals surface area (Å²) in [4.78, 5) is 0. The lowest BCUT2D eigenvalue weighted by Gasteiger charge is -2.22. The van der Waals surface area contributed by atoms with Gasteiger partial charge in [-0.25, -0.2) is 4.58 Å². The fourth-order valence-corrected chi connectivity index (χ4v) is 1.96. The Bertz CT molecular complexity index is 174. The first kappa shape index (κ1) is 7.29. The minimum atomic E-state index is 0.340. The highest BCUT2D eigenvalue weighted by Crippen LogP contribution is 2.41. The van der Waals surface area contributed by atoms with E-state index in [1.807, 2.05) is 0 Å². The van der Waals surface area contributed by atoms with Crippen LogP contribution in [0.2, 0.25) is 0 Å². The molecule has 0 radical (unpaired) electrons. The molecule has 62 valence electrons. The Morgan fingerprint density at radius 1 is 1.45 bits per heavy atom. The topological polar surface area (TPSA) is 15.5 Å². The number of hydrogen-bond acceptors (Lipinski definition) is 1. The first-order valence-electron chi connectivity index (χ1n) is 4.39. The SMILES string of the molecule is C=[N+](C)C1CCC2(CC1)CO2. The molecule has 1 aliphatic heterocycles. The summed E-state index contributed by atoms with van der Waals surface area (Å²) in [7, 11) is 2.07. The molecular weight excluding hydrogens is 138 g/mol. The lowest BCUT2D eigenvalue weighted by Crippen LogP contribution is -2.31. The second-order valence-corrected chi connectivity index (χ2v) is 3.96. The van der Waals surface area contributed by atoms with Crippen molar-refractivity contribution in [3.63, 3.8) is 0 Å². The number of epoxide rings is 1. The molecular formula is C9H16NO+. The van der Waals surface area contributed by atoms with Gasteiger partial charge in [0, 0.05) is 12.8 Å². The Labute approximate surface area is 67.9 Å². The lowest BCUT2D eigenvalue weighted by molar-refractivity contribution is -0.534. The molecule has 1 saturated carbocycles. The molecule has 0 aromatic carbocycles. The molecule has 1 aliphatic carbocycles. The Morgan fingerprint density at radius 3 is 2.36 bits per heavy atom. The first-order chi connectivity index (χ1) is 5.22. The molecule has 0 aromatic heterocycles. The van der Waals surface area contributed by atoms with E-state index in [2.05, 4.69) is 18.3 Å². The van der Waals surface area contributed by atoms with E-state index in [4.69, 9.17) is 4.74 Å². The molecule has 1 heterocycles. The zero-order valence-corrected chi connectivity index (χ0v) is 7.18. The van der Waals surface area contributed by atoms with Crippen LogP contribution in [0.3, 0.4) is 0 Å². The van der Waals surface area contributed by atoms with Crippen LogP contribution in [0.25, 0.3) is 0 Å². The van der Waals surface area contributed by atoms with E-state index in [0.717, 1.165) is 6.61 Å². The van der Waals surface area contributed by atoms with E-state index < -0.39 is 0 Å². The van der Waals surface area contributed by atoms with Gasteiger partial charge < -0.3 is 4.74 Å². The molecule has 0 N–H and O–H groups in total. The molecule has 0 aromatic rings. The van der Waals surface area contributed by atoms with Crippen molar-refractivity contribution < 1.29 is 9.31 Å². The van der Waals surface area contributed by atoms with Gasteiger partial charge in [-0.3, -0.25) is 0 Å². The Kier molecular flexibility index (Phi) is 1.53. The average Bonchev–Trinajstić information content (AvgIpc) is 2.70. The van der Waals surface area contributed by atoms with Gasteiger partial charge >= 0.3 is 0 Å². The van der Waals surface area contributed by atoms with Gasteiger partial charge in [0.1, 0.15) is 13.8 Å². The lowest BCUT2D eigenvalue weighted by atomic mass is 9.86. The van der Waals surface area contributed by atoms with Crippen molar-refractivity contribution in [3.05, 3.63) is 0 Å². The largest absolute Gasteiger partial charge is 0.370 e. The van der Waals surface area contributed by atoms with Gasteiger partial charge in [-0.15, -0.1) is 0 Å². The number of nitrogens with zero attached hydrogens (tertiary/aromatic N) is 1. The molecule has 0 atom stereocenters. The maximum Gasteiger partial charge on any atom is 0.152 e. The van der Waals surface area contributed by atoms with E-state index in [0.29, 0.717) is 11.6 Å². The van der Waals surface area contributed by atoms with Crippen LogP contribution in [0.15, 0.2) is 0 Å². The minimum absolute atomic E-state index is 0.340. The van der Waals surface area contributed by atoms with Gasteiger partial charge in [0.25, 0.3) is 0 Å². The summed E-state index contributed by atoms with van der Waals surface area (Å²) >= 11 is 0. The van der Waals surface area contributed by atoms with Crippen LogP contribution >= 0.6 is 0 Å². The van der Waals surface area contributed by atoms with E-state index in [-0.39, 0.29) is 0 Å². The molecule has 1 spiro atoms. The van der Waals surface area contributed by atoms with Crippen molar-refractivity contribution in [2.24, 2.45) is 0 Å². The van der Waals surface area contributed by atoms with Gasteiger partial charge in [-0.05, 0) is 12.8 Å². The monoisotopic (exact) mass is 154 g/mol. The van der Waals surface area contributed by atoms with Crippen molar-refractivity contribution in [2.75, 3.05) is 13.7 Å². The van der Waals surface area contributed by atoms with E-state index in [1.54, 1.807) is 0 Å². The highest BCUT2D eigenvalue weighted by molar-refractivity contribution is 5.14. The Morgan fingerprint density at radius 2 is 2.00 bits per heavy atom. The third-order valence-corrected chi connectivity index (χ3v) is 3.04. The normalized spacial score (nSPS) is 42.5. The van der Waals surface area contributed by atoms with Gasteiger partial charge in [0.2, 0.25) is 0 Å². The molecule has 2 heteroatoms. The van der Waals surface area contributed by atoms with Crippen LogP contribution in [-0.4, -0.2) is 36.6 Å². The third kappa shape index (κ3) is 1.32. The number of ether oxygens (including phenoxy) is 1. The fourth-order valence-electron chi connectivity index (χ4n) is 1.96. The van der Waals surface area contributed by atoms with Crippen LogP contribution in [0, 0.1) is 0 Å². The van der Waals surface area contributed by atoms with Crippen molar-refractivity contribution in [1.82, 2.24) is 0 Å². The summed E-state index contributed by atoms with van der Waals surface area (Å²) in [6.45, 7) is 4.94. The van der Waals surface area contributed by atoms with Crippen LogP contribution in [0.4, 0.5) is 0 Å². The first-order valence-corrected chi connectivity index (χ1v) is 4.39. The smallest absolute Gasteiger partial charge is 0.152 e. The summed E-state index contributed by atoms with van der Waals surface area (Å²) in [5, 5.41) is 0. The molecule has 1 saturated heterocycles. The van der Waals surface area contributed by atoms with Crippen molar-refractivity contribution in [2.45, 2.75) is 37.3 Å². The molecule has 0 unspecified atom stereocenters. The van der Waals surface area contributed by atoms with Crippen molar-refractivity contribution in [3.8, 4) is 0 Å². The second-order valence-electron chi connectivity index (χ2n) is 3.96. The zero-order valence-electron chi connectivity index (χ0n) is 7.18. The van der Waals surface area contributed by atoms with E-state index >= 15 is 0 Å². The summed E-state index contributed by atoms with van der Waals surface area (Å²) in [5.74, 6) is 0. The van der Waals surface area contributed by atoms with E-state index in [9.17, 15) is 0 Å². The summed E-state index contributed by atoms with van der Waals surface area (Å²) in [5.41, 5.74) is 0.340. The highest BCUT2D eigenvalue weighted by Gasteiger charge is 2.48. The van der Waals surface area contributed by atoms with Gasteiger partial charge in [0.05, 0.1) is 12.2 Å². The highest BCUT2D eigenvalue weighted by atomic mass is 16.6. The van der Waals surface area contributed by atoms with Gasteiger partial charge in [0.15, 0.2) is 6.04 Å². The maximum atomic E-state index is 5.43. The summed E-state index contributed by atoms with van der Waals surface area (Å²) in [6, 6.07) is 0.699. The summed E-state index contributed by atoms with van der Waals surface area (Å²) < 4.78 is 7.52. The van der Waals surface area contributed by atoms with Crippen LogP contribution in [-0.2, 0) is 4.74 Å². The van der Waals surface area contributed by atoms with Crippen LogP contribution in [0.1, 0.15) is 25.7 Å².